The second kappa shape index (κ2) is 6.85. The highest BCUT2D eigenvalue weighted by molar-refractivity contribution is 6.59. The normalized spacial score (nSPS) is 10.7. The van der Waals surface area contributed by atoms with Crippen LogP contribution < -0.4 is 10.8 Å². The van der Waals surface area contributed by atoms with Crippen LogP contribution in [0.4, 0.5) is 18.9 Å². The van der Waals surface area contributed by atoms with Crippen molar-refractivity contribution in [2.45, 2.75) is 13.3 Å². The Balaban J connectivity index is 2.30. The number of hydrogen-bond acceptors (Lipinski definition) is 3. The van der Waals surface area contributed by atoms with Crippen LogP contribution in [0.1, 0.15) is 27.9 Å². The number of carbonyl (C=O) groups is 1. The summed E-state index contributed by atoms with van der Waals surface area (Å²) in [6.45, 7) is 1.48. The van der Waals surface area contributed by atoms with Gasteiger partial charge < -0.3 is 15.4 Å². The first kappa shape index (κ1) is 17.0. The lowest BCUT2D eigenvalue weighted by molar-refractivity contribution is 0.102. The van der Waals surface area contributed by atoms with E-state index in [4.69, 9.17) is 0 Å². The van der Waals surface area contributed by atoms with Crippen molar-refractivity contribution in [2.24, 2.45) is 0 Å². The Labute approximate surface area is 130 Å². The predicted octanol–water partition coefficient (Wildman–Crippen LogP) is 2.00. The Kier molecular flexibility index (Phi) is 5.07. The number of alkyl halides is 2. The molecule has 0 aromatic heterocycles. The zero-order valence-corrected chi connectivity index (χ0v) is 12.1. The first-order valence-electron chi connectivity index (χ1n) is 6.65. The first-order valence-corrected chi connectivity index (χ1v) is 6.65. The number of amides is 1. The van der Waals surface area contributed by atoms with Gasteiger partial charge in [0.1, 0.15) is 5.82 Å². The van der Waals surface area contributed by atoms with Crippen molar-refractivity contribution >= 4 is 24.2 Å². The molecular formula is C15H13BF3NO3. The van der Waals surface area contributed by atoms with E-state index in [9.17, 15) is 28.0 Å². The Morgan fingerprint density at radius 3 is 2.52 bits per heavy atom. The summed E-state index contributed by atoms with van der Waals surface area (Å²) in [5, 5.41) is 20.6. The van der Waals surface area contributed by atoms with Gasteiger partial charge in [0.25, 0.3) is 12.3 Å². The lowest BCUT2D eigenvalue weighted by Crippen LogP contribution is -2.33. The third-order valence-corrected chi connectivity index (χ3v) is 3.28. The average Bonchev–Trinajstić information content (AvgIpc) is 2.49. The molecule has 8 heteroatoms. The maximum atomic E-state index is 13.9. The highest BCUT2D eigenvalue weighted by Crippen LogP contribution is 2.21. The van der Waals surface area contributed by atoms with Gasteiger partial charge in [-0.2, -0.15) is 0 Å². The highest BCUT2D eigenvalue weighted by Gasteiger charge is 2.19. The minimum atomic E-state index is -2.73. The van der Waals surface area contributed by atoms with Crippen LogP contribution in [0.2, 0.25) is 0 Å². The zero-order valence-electron chi connectivity index (χ0n) is 12.1. The number of aryl methyl sites for hydroxylation is 1. The van der Waals surface area contributed by atoms with Crippen LogP contribution >= 0.6 is 0 Å². The van der Waals surface area contributed by atoms with Gasteiger partial charge in [0.2, 0.25) is 0 Å². The number of benzene rings is 2. The number of nitrogens with one attached hydrogen (secondary N) is 1. The largest absolute Gasteiger partial charge is 0.488 e. The number of carbonyl (C=O) groups excluding carboxylic acids is 1. The fraction of sp³-hybridized carbons (Fsp3) is 0.133. The zero-order chi connectivity index (χ0) is 17.1. The molecule has 0 saturated carbocycles. The minimum absolute atomic E-state index is 0.0306. The third-order valence-electron chi connectivity index (χ3n) is 3.28. The molecule has 0 aliphatic rings. The fourth-order valence-corrected chi connectivity index (χ4v) is 2.07. The summed E-state index contributed by atoms with van der Waals surface area (Å²) in [5.41, 5.74) is -0.327. The number of anilines is 1. The van der Waals surface area contributed by atoms with Gasteiger partial charge in [0.05, 0.1) is 5.69 Å². The maximum Gasteiger partial charge on any atom is 0.488 e. The van der Waals surface area contributed by atoms with Crippen molar-refractivity contribution in [2.75, 3.05) is 5.32 Å². The summed E-state index contributed by atoms with van der Waals surface area (Å²) in [5.74, 6) is -1.56. The molecule has 0 aliphatic carbocycles. The quantitative estimate of drug-likeness (QED) is 0.754. The Hall–Kier alpha value is -2.32. The molecule has 0 atom stereocenters. The van der Waals surface area contributed by atoms with Gasteiger partial charge >= 0.3 is 7.12 Å². The van der Waals surface area contributed by atoms with Crippen LogP contribution in [0.15, 0.2) is 36.4 Å². The molecule has 0 unspecified atom stereocenters. The van der Waals surface area contributed by atoms with Gasteiger partial charge in [-0.05, 0) is 42.2 Å². The highest BCUT2D eigenvalue weighted by atomic mass is 19.3. The van der Waals surface area contributed by atoms with Crippen LogP contribution in [0, 0.1) is 12.7 Å². The van der Waals surface area contributed by atoms with E-state index in [0.717, 1.165) is 18.2 Å². The molecule has 3 N–H and O–H groups in total. The van der Waals surface area contributed by atoms with Gasteiger partial charge in [-0.25, -0.2) is 13.2 Å². The molecule has 0 spiro atoms. The molecule has 2 aromatic carbocycles. The summed E-state index contributed by atoms with van der Waals surface area (Å²) >= 11 is 0. The number of hydrogen-bond donors (Lipinski definition) is 3. The Bertz CT molecular complexity index is 738. The van der Waals surface area contributed by atoms with Crippen molar-refractivity contribution in [3.8, 4) is 0 Å². The lowest BCUT2D eigenvalue weighted by Gasteiger charge is -2.11. The second-order valence-electron chi connectivity index (χ2n) is 4.94. The molecule has 0 radical (unpaired) electrons. The summed E-state index contributed by atoms with van der Waals surface area (Å²) < 4.78 is 39.2. The van der Waals surface area contributed by atoms with Gasteiger partial charge in [-0.1, -0.05) is 12.1 Å². The van der Waals surface area contributed by atoms with Gasteiger partial charge in [0, 0.05) is 11.1 Å². The molecule has 120 valence electrons. The number of rotatable bonds is 4. The number of halogens is 3. The molecule has 4 nitrogen and oxygen atoms in total. The molecule has 0 bridgehead atoms. The minimum Gasteiger partial charge on any atom is -0.423 e. The van der Waals surface area contributed by atoms with E-state index in [0.29, 0.717) is 5.56 Å². The molecule has 23 heavy (non-hydrogen) atoms. The summed E-state index contributed by atoms with van der Waals surface area (Å²) in [6, 6.07) is 6.92. The van der Waals surface area contributed by atoms with Gasteiger partial charge in [0.15, 0.2) is 0 Å². The Morgan fingerprint density at radius 2 is 1.91 bits per heavy atom. The maximum absolute atomic E-state index is 13.9. The van der Waals surface area contributed by atoms with E-state index in [1.165, 1.54) is 25.1 Å². The van der Waals surface area contributed by atoms with Crippen molar-refractivity contribution in [3.63, 3.8) is 0 Å². The van der Waals surface area contributed by atoms with Crippen LogP contribution in [-0.4, -0.2) is 23.1 Å². The van der Waals surface area contributed by atoms with E-state index in [1.807, 2.05) is 0 Å². The van der Waals surface area contributed by atoms with Gasteiger partial charge in [-0.15, -0.1) is 0 Å². The lowest BCUT2D eigenvalue weighted by atomic mass is 9.77. The van der Waals surface area contributed by atoms with Crippen molar-refractivity contribution in [1.82, 2.24) is 0 Å². The topological polar surface area (TPSA) is 69.6 Å². The third kappa shape index (κ3) is 3.91. The van der Waals surface area contributed by atoms with E-state index >= 15 is 0 Å². The van der Waals surface area contributed by atoms with E-state index in [-0.39, 0.29) is 22.3 Å². The fourth-order valence-electron chi connectivity index (χ4n) is 2.07. The summed E-state index contributed by atoms with van der Waals surface area (Å²) in [7, 11) is -1.83. The second-order valence-corrected chi connectivity index (χ2v) is 4.94. The van der Waals surface area contributed by atoms with Crippen LogP contribution in [0.25, 0.3) is 0 Å². The summed E-state index contributed by atoms with van der Waals surface area (Å²) in [4.78, 5) is 12.1. The molecular weight excluding hydrogens is 310 g/mol. The van der Waals surface area contributed by atoms with Crippen LogP contribution in [-0.2, 0) is 0 Å². The summed E-state index contributed by atoms with van der Waals surface area (Å²) in [6.07, 6.45) is -2.73. The first-order chi connectivity index (χ1) is 10.8. The molecule has 0 aliphatic heterocycles. The predicted molar refractivity (Wildman–Crippen MR) is 80.3 cm³/mol. The molecule has 1 amide bonds. The van der Waals surface area contributed by atoms with Crippen LogP contribution in [0.5, 0.6) is 0 Å². The Morgan fingerprint density at radius 1 is 1.22 bits per heavy atom. The van der Waals surface area contributed by atoms with E-state index in [1.54, 1.807) is 0 Å². The molecule has 2 aromatic rings. The monoisotopic (exact) mass is 323 g/mol. The van der Waals surface area contributed by atoms with Crippen molar-refractivity contribution in [3.05, 3.63) is 58.9 Å². The van der Waals surface area contributed by atoms with Crippen LogP contribution in [0.3, 0.4) is 0 Å². The van der Waals surface area contributed by atoms with Gasteiger partial charge in [-0.3, -0.25) is 4.79 Å². The van der Waals surface area contributed by atoms with Crippen molar-refractivity contribution in [1.29, 1.82) is 0 Å². The molecule has 0 fully saturated rings. The smallest absolute Gasteiger partial charge is 0.423 e. The molecule has 2 rings (SSSR count). The average molecular weight is 323 g/mol. The van der Waals surface area contributed by atoms with Crippen molar-refractivity contribution < 1.29 is 28.0 Å². The standard InChI is InChI=1S/C15H13BF3NO3/c1-8-5-12(17)13(7-11(8)16(22)23)20-15(21)10-4-2-3-9(6-10)14(18)19/h2-7,14,22-23H,1H3,(H,20,21). The molecule has 0 heterocycles. The SMILES string of the molecule is Cc1cc(F)c(NC(=O)c2cccc(C(F)F)c2)cc1B(O)O. The van der Waals surface area contributed by atoms with E-state index < -0.39 is 25.3 Å². The molecule has 0 saturated heterocycles. The van der Waals surface area contributed by atoms with E-state index in [2.05, 4.69) is 5.32 Å².